The normalized spacial score (nSPS) is 10.0. The van der Waals surface area contributed by atoms with Crippen molar-refractivity contribution in [2.45, 2.75) is 8.42 Å². The van der Waals surface area contributed by atoms with Gasteiger partial charge in [-0.25, -0.2) is 0 Å². The second-order valence-corrected chi connectivity index (χ2v) is 7.59. The van der Waals surface area contributed by atoms with Crippen molar-refractivity contribution in [1.82, 2.24) is 8.75 Å². The summed E-state index contributed by atoms with van der Waals surface area (Å²) in [6, 6.07) is 3.98. The van der Waals surface area contributed by atoms with E-state index in [1.807, 2.05) is 12.1 Å². The summed E-state index contributed by atoms with van der Waals surface area (Å²) in [6.07, 6.45) is 0. The van der Waals surface area contributed by atoms with Gasteiger partial charge in [0.05, 0.1) is 0 Å². The first-order valence-corrected chi connectivity index (χ1v) is 8.57. The maximum absolute atomic E-state index is 8.92. The predicted octanol–water partition coefficient (Wildman–Crippen LogP) is 4.45. The molecule has 0 atom stereocenters. The SMILES string of the molecule is N#Cc1c(Cl)nsc1SSc1snc(Cl)c1C#N. The summed E-state index contributed by atoms with van der Waals surface area (Å²) in [4.78, 5) is 0. The zero-order valence-electron chi connectivity index (χ0n) is 8.18. The molecule has 4 nitrogen and oxygen atoms in total. The van der Waals surface area contributed by atoms with Gasteiger partial charge in [0.1, 0.15) is 31.7 Å². The maximum Gasteiger partial charge on any atom is 0.161 e. The van der Waals surface area contributed by atoms with Crippen LogP contribution in [0, 0.1) is 22.7 Å². The summed E-state index contributed by atoms with van der Waals surface area (Å²) in [5, 5.41) is 18.2. The summed E-state index contributed by atoms with van der Waals surface area (Å²) in [6.45, 7) is 0. The van der Waals surface area contributed by atoms with Gasteiger partial charge in [-0.3, -0.25) is 0 Å². The van der Waals surface area contributed by atoms with Crippen LogP contribution in [-0.4, -0.2) is 8.75 Å². The van der Waals surface area contributed by atoms with Crippen LogP contribution in [0.3, 0.4) is 0 Å². The molecular weight excluding hydrogens is 351 g/mol. The van der Waals surface area contributed by atoms with Crippen LogP contribution in [-0.2, 0) is 0 Å². The molecule has 0 aromatic carbocycles. The van der Waals surface area contributed by atoms with Gasteiger partial charge in [0, 0.05) is 0 Å². The highest BCUT2D eigenvalue weighted by Gasteiger charge is 2.17. The minimum absolute atomic E-state index is 0.202. The van der Waals surface area contributed by atoms with Gasteiger partial charge in [0.25, 0.3) is 0 Å². The van der Waals surface area contributed by atoms with Gasteiger partial charge in [0.2, 0.25) is 0 Å². The molecular formula is C8Cl2N4S4. The molecule has 2 aromatic heterocycles. The third-order valence-electron chi connectivity index (χ3n) is 1.65. The largest absolute Gasteiger partial charge is 0.192 e. The fraction of sp³-hybridized carbons (Fsp3) is 0. The molecule has 0 N–H and O–H groups in total. The highest BCUT2D eigenvalue weighted by atomic mass is 35.5. The van der Waals surface area contributed by atoms with Crippen LogP contribution in [0.15, 0.2) is 8.42 Å². The van der Waals surface area contributed by atoms with Crippen LogP contribution < -0.4 is 0 Å². The molecule has 90 valence electrons. The van der Waals surface area contributed by atoms with Gasteiger partial charge < -0.3 is 0 Å². The van der Waals surface area contributed by atoms with Gasteiger partial charge in [-0.05, 0) is 44.7 Å². The molecule has 0 aliphatic carbocycles. The Morgan fingerprint density at radius 2 is 1.28 bits per heavy atom. The van der Waals surface area contributed by atoms with Crippen molar-refractivity contribution in [3.8, 4) is 12.1 Å². The number of nitriles is 2. The van der Waals surface area contributed by atoms with E-state index in [1.165, 1.54) is 21.6 Å². The van der Waals surface area contributed by atoms with E-state index in [4.69, 9.17) is 33.7 Å². The average Bonchev–Trinajstić information content (AvgIpc) is 2.89. The molecule has 0 aliphatic heterocycles. The van der Waals surface area contributed by atoms with Crippen molar-refractivity contribution in [3.63, 3.8) is 0 Å². The molecule has 0 bridgehead atoms. The van der Waals surface area contributed by atoms with Crippen LogP contribution in [0.4, 0.5) is 0 Å². The molecule has 0 aliphatic rings. The quantitative estimate of drug-likeness (QED) is 0.761. The predicted molar refractivity (Wildman–Crippen MR) is 75.4 cm³/mol. The van der Waals surface area contributed by atoms with E-state index < -0.39 is 0 Å². The van der Waals surface area contributed by atoms with Gasteiger partial charge in [-0.1, -0.05) is 23.2 Å². The summed E-state index contributed by atoms with van der Waals surface area (Å²) in [5.74, 6) is 0. The van der Waals surface area contributed by atoms with Crippen molar-refractivity contribution in [1.29, 1.82) is 10.5 Å². The molecule has 10 heteroatoms. The minimum Gasteiger partial charge on any atom is -0.192 e. The Balaban J connectivity index is 2.17. The lowest BCUT2D eigenvalue weighted by atomic mass is 10.4. The fourth-order valence-electron chi connectivity index (χ4n) is 0.887. The summed E-state index contributed by atoms with van der Waals surface area (Å²) in [7, 11) is 2.63. The lowest BCUT2D eigenvalue weighted by Gasteiger charge is -1.94. The standard InChI is InChI=1S/C8Cl2N4S4/c9-5-3(1-11)7(15-13-5)17-18-8-4(2-12)6(10)14-16-8. The summed E-state index contributed by atoms with van der Waals surface area (Å²) < 4.78 is 9.18. The molecule has 18 heavy (non-hydrogen) atoms. The van der Waals surface area contributed by atoms with Gasteiger partial charge in [-0.15, -0.1) is 0 Å². The van der Waals surface area contributed by atoms with Gasteiger partial charge in [-0.2, -0.15) is 19.3 Å². The molecule has 0 amide bonds. The number of hydrogen-bond donors (Lipinski definition) is 0. The number of rotatable bonds is 3. The van der Waals surface area contributed by atoms with Crippen LogP contribution in [0.1, 0.15) is 11.1 Å². The van der Waals surface area contributed by atoms with Crippen LogP contribution in [0.2, 0.25) is 10.3 Å². The first-order chi connectivity index (χ1) is 8.67. The number of nitrogens with zero attached hydrogens (tertiary/aromatic N) is 4. The highest BCUT2D eigenvalue weighted by molar-refractivity contribution is 8.77. The first-order valence-electron chi connectivity index (χ1n) is 4.12. The Kier molecular flexibility index (Phi) is 4.73. The molecule has 0 saturated heterocycles. The fourth-order valence-corrected chi connectivity index (χ4v) is 5.75. The molecule has 0 unspecified atom stereocenters. The first kappa shape index (κ1) is 13.9. The van der Waals surface area contributed by atoms with Crippen molar-refractivity contribution in [2.75, 3.05) is 0 Å². The topological polar surface area (TPSA) is 73.4 Å². The van der Waals surface area contributed by atoms with E-state index in [9.17, 15) is 0 Å². The molecule has 2 aromatic rings. The molecule has 0 saturated carbocycles. The minimum atomic E-state index is 0.202. The molecule has 0 radical (unpaired) electrons. The Morgan fingerprint density at radius 3 is 1.61 bits per heavy atom. The van der Waals surface area contributed by atoms with Crippen LogP contribution in [0.5, 0.6) is 0 Å². The maximum atomic E-state index is 8.92. The number of halogens is 2. The lowest BCUT2D eigenvalue weighted by Crippen LogP contribution is -1.73. The van der Waals surface area contributed by atoms with E-state index in [0.717, 1.165) is 23.1 Å². The smallest absolute Gasteiger partial charge is 0.161 e. The van der Waals surface area contributed by atoms with E-state index in [0.29, 0.717) is 19.5 Å². The van der Waals surface area contributed by atoms with Gasteiger partial charge in [0.15, 0.2) is 10.3 Å². The van der Waals surface area contributed by atoms with E-state index >= 15 is 0 Å². The highest BCUT2D eigenvalue weighted by Crippen LogP contribution is 2.46. The Hall–Kier alpha value is -0.480. The monoisotopic (exact) mass is 350 g/mol. The summed E-state index contributed by atoms with van der Waals surface area (Å²) >= 11 is 13.8. The van der Waals surface area contributed by atoms with Crippen molar-refractivity contribution in [2.24, 2.45) is 0 Å². The zero-order chi connectivity index (χ0) is 13.1. The average molecular weight is 351 g/mol. The number of hydrogen-bond acceptors (Lipinski definition) is 8. The van der Waals surface area contributed by atoms with Crippen molar-refractivity contribution in [3.05, 3.63) is 21.4 Å². The van der Waals surface area contributed by atoms with Crippen LogP contribution >= 0.6 is 67.9 Å². The van der Waals surface area contributed by atoms with Crippen LogP contribution in [0.25, 0.3) is 0 Å². The third-order valence-corrected chi connectivity index (χ3v) is 7.31. The zero-order valence-corrected chi connectivity index (χ0v) is 13.0. The molecule has 2 heterocycles. The Morgan fingerprint density at radius 1 is 0.889 bits per heavy atom. The Labute approximate surface area is 128 Å². The number of aromatic nitrogens is 2. The van der Waals surface area contributed by atoms with Crippen molar-refractivity contribution < 1.29 is 0 Å². The van der Waals surface area contributed by atoms with E-state index in [2.05, 4.69) is 8.75 Å². The second kappa shape index (κ2) is 6.11. The van der Waals surface area contributed by atoms with E-state index in [-0.39, 0.29) is 10.3 Å². The second-order valence-electron chi connectivity index (χ2n) is 2.66. The lowest BCUT2D eigenvalue weighted by molar-refractivity contribution is 1.44. The van der Waals surface area contributed by atoms with E-state index in [1.54, 1.807) is 0 Å². The Bertz CT molecular complexity index is 607. The summed E-state index contributed by atoms with van der Waals surface area (Å²) in [5.41, 5.74) is 0.710. The molecule has 0 spiro atoms. The van der Waals surface area contributed by atoms with Crippen molar-refractivity contribution >= 4 is 67.9 Å². The molecule has 2 rings (SSSR count). The van der Waals surface area contributed by atoms with Gasteiger partial charge >= 0.3 is 0 Å². The third kappa shape index (κ3) is 2.75. The molecule has 0 fully saturated rings.